The number of carbonyl (C=O) groups excluding carboxylic acids is 2. The number of methoxy groups -OCH3 is 1. The van der Waals surface area contributed by atoms with Crippen LogP contribution >= 0.6 is 27.3 Å². The molecule has 0 spiro atoms. The van der Waals surface area contributed by atoms with Crippen molar-refractivity contribution in [2.45, 2.75) is 12.8 Å². The van der Waals surface area contributed by atoms with E-state index in [-0.39, 0.29) is 24.3 Å². The van der Waals surface area contributed by atoms with Crippen LogP contribution < -0.4 is 10.6 Å². The first-order chi connectivity index (χ1) is 9.04. The van der Waals surface area contributed by atoms with E-state index in [2.05, 4.69) is 26.6 Å². The molecule has 0 aliphatic heterocycles. The van der Waals surface area contributed by atoms with Crippen molar-refractivity contribution < 1.29 is 14.3 Å². The maximum atomic E-state index is 11.9. The molecule has 1 heterocycles. The molecule has 1 atom stereocenters. The highest BCUT2D eigenvalue weighted by Gasteiger charge is 2.17. The first-order valence-corrected chi connectivity index (χ1v) is 7.44. The molecule has 7 heteroatoms. The van der Waals surface area contributed by atoms with E-state index >= 15 is 0 Å². The Balaban J connectivity index is 2.32. The summed E-state index contributed by atoms with van der Waals surface area (Å²) in [7, 11) is 1.56. The Morgan fingerprint density at radius 2 is 2.16 bits per heavy atom. The fraction of sp³-hybridized carbons (Fsp3) is 0.500. The fourth-order valence-corrected chi connectivity index (χ4v) is 2.84. The Kier molecular flexibility index (Phi) is 7.04. The number of hydrogen-bond donors (Lipinski definition) is 2. The van der Waals surface area contributed by atoms with Crippen molar-refractivity contribution in [3.8, 4) is 0 Å². The van der Waals surface area contributed by atoms with Crippen LogP contribution in [-0.2, 0) is 14.3 Å². The predicted octanol–water partition coefficient (Wildman–Crippen LogP) is 1.49. The van der Waals surface area contributed by atoms with Crippen molar-refractivity contribution in [2.24, 2.45) is 0 Å². The summed E-state index contributed by atoms with van der Waals surface area (Å²) >= 11 is 4.87. The summed E-state index contributed by atoms with van der Waals surface area (Å²) in [5.74, 6) is -0.635. The Morgan fingerprint density at radius 3 is 2.74 bits per heavy atom. The molecule has 1 rings (SSSR count). The van der Waals surface area contributed by atoms with E-state index in [1.807, 2.05) is 19.1 Å². The van der Waals surface area contributed by atoms with Crippen LogP contribution in [0.1, 0.15) is 17.7 Å². The summed E-state index contributed by atoms with van der Waals surface area (Å²) in [6.07, 6.45) is 0. The minimum absolute atomic E-state index is 0.0145. The molecule has 1 aromatic rings. The van der Waals surface area contributed by atoms with E-state index in [0.717, 1.165) is 8.66 Å². The van der Waals surface area contributed by atoms with Gasteiger partial charge in [-0.1, -0.05) is 0 Å². The molecule has 19 heavy (non-hydrogen) atoms. The van der Waals surface area contributed by atoms with Gasteiger partial charge in [0.15, 0.2) is 0 Å². The van der Waals surface area contributed by atoms with Crippen molar-refractivity contribution in [2.75, 3.05) is 26.8 Å². The zero-order valence-corrected chi connectivity index (χ0v) is 13.3. The van der Waals surface area contributed by atoms with Crippen molar-refractivity contribution >= 4 is 39.1 Å². The second-order valence-corrected chi connectivity index (χ2v) is 6.42. The Labute approximate surface area is 124 Å². The van der Waals surface area contributed by atoms with Crippen LogP contribution in [0.25, 0.3) is 0 Å². The molecule has 0 saturated heterocycles. The minimum atomic E-state index is -0.261. The van der Waals surface area contributed by atoms with E-state index in [4.69, 9.17) is 4.74 Å². The van der Waals surface area contributed by atoms with Gasteiger partial charge in [0, 0.05) is 18.5 Å². The molecule has 1 aromatic heterocycles. The third-order valence-electron chi connectivity index (χ3n) is 2.47. The zero-order chi connectivity index (χ0) is 14.3. The molecule has 0 aliphatic carbocycles. The van der Waals surface area contributed by atoms with Crippen LogP contribution in [0.15, 0.2) is 15.9 Å². The van der Waals surface area contributed by atoms with Crippen molar-refractivity contribution in [3.05, 3.63) is 20.8 Å². The predicted molar refractivity (Wildman–Crippen MR) is 78.3 cm³/mol. The number of nitrogens with one attached hydrogen (secondary N) is 2. The fourth-order valence-electron chi connectivity index (χ4n) is 1.37. The number of halogens is 1. The van der Waals surface area contributed by atoms with Gasteiger partial charge < -0.3 is 15.4 Å². The molecule has 0 saturated carbocycles. The van der Waals surface area contributed by atoms with Gasteiger partial charge in [0.2, 0.25) is 11.8 Å². The number of thiophene rings is 1. The Hall–Kier alpha value is -0.920. The molecular weight excluding hydrogens is 332 g/mol. The van der Waals surface area contributed by atoms with Gasteiger partial charge in [-0.25, -0.2) is 0 Å². The van der Waals surface area contributed by atoms with Crippen molar-refractivity contribution in [3.63, 3.8) is 0 Å². The molecule has 2 N–H and O–H groups in total. The maximum Gasteiger partial charge on any atom is 0.239 e. The number of amides is 2. The largest absolute Gasteiger partial charge is 0.383 e. The third kappa shape index (κ3) is 5.71. The maximum absolute atomic E-state index is 11.9. The molecule has 0 aliphatic rings. The Morgan fingerprint density at radius 1 is 1.42 bits per heavy atom. The normalized spacial score (nSPS) is 11.9. The van der Waals surface area contributed by atoms with Gasteiger partial charge in [0.05, 0.1) is 22.9 Å². The highest BCUT2D eigenvalue weighted by atomic mass is 79.9. The van der Waals surface area contributed by atoms with E-state index < -0.39 is 0 Å². The van der Waals surface area contributed by atoms with Gasteiger partial charge in [-0.3, -0.25) is 9.59 Å². The minimum Gasteiger partial charge on any atom is -0.383 e. The lowest BCUT2D eigenvalue weighted by Crippen LogP contribution is -2.39. The first kappa shape index (κ1) is 16.1. The number of rotatable bonds is 7. The second-order valence-electron chi connectivity index (χ2n) is 3.92. The van der Waals surface area contributed by atoms with Gasteiger partial charge in [0.1, 0.15) is 0 Å². The highest BCUT2D eigenvalue weighted by Crippen LogP contribution is 2.28. The molecule has 106 valence electrons. The molecule has 0 aromatic carbocycles. The molecule has 0 radical (unpaired) electrons. The summed E-state index contributed by atoms with van der Waals surface area (Å²) in [6.45, 7) is 2.70. The van der Waals surface area contributed by atoms with Gasteiger partial charge in [0.25, 0.3) is 0 Å². The monoisotopic (exact) mass is 348 g/mol. The first-order valence-electron chi connectivity index (χ1n) is 5.83. The van der Waals surface area contributed by atoms with Crippen LogP contribution in [0.5, 0.6) is 0 Å². The molecule has 5 nitrogen and oxygen atoms in total. The molecule has 0 unspecified atom stereocenters. The third-order valence-corrected chi connectivity index (χ3v) is 4.27. The molecule has 0 fully saturated rings. The van der Waals surface area contributed by atoms with Crippen LogP contribution in [0.2, 0.25) is 0 Å². The van der Waals surface area contributed by atoms with Gasteiger partial charge in [-0.2, -0.15) is 0 Å². The summed E-state index contributed by atoms with van der Waals surface area (Å²) in [4.78, 5) is 24.2. The van der Waals surface area contributed by atoms with Gasteiger partial charge in [-0.15, -0.1) is 11.3 Å². The van der Waals surface area contributed by atoms with Crippen LogP contribution in [-0.4, -0.2) is 38.6 Å². The lowest BCUT2D eigenvalue weighted by molar-refractivity contribution is -0.126. The van der Waals surface area contributed by atoms with Crippen LogP contribution in [0, 0.1) is 0 Å². The van der Waals surface area contributed by atoms with E-state index in [1.165, 1.54) is 11.3 Å². The SMILES string of the molecule is COCCNC(=O)CNC(=O)[C@H](C)c1ccc(Br)s1. The zero-order valence-electron chi connectivity index (χ0n) is 10.9. The van der Waals surface area contributed by atoms with Crippen LogP contribution in [0.4, 0.5) is 0 Å². The standard InChI is InChI=1S/C12H17BrN2O3S/c1-8(9-3-4-10(13)19-9)12(17)15-7-11(16)14-5-6-18-2/h3-4,8H,5-7H2,1-2H3,(H,14,16)(H,15,17)/t8-/m1/s1. The topological polar surface area (TPSA) is 67.4 Å². The number of carbonyl (C=O) groups is 2. The quantitative estimate of drug-likeness (QED) is 0.733. The number of hydrogen-bond acceptors (Lipinski definition) is 4. The lowest BCUT2D eigenvalue weighted by atomic mass is 10.1. The Bertz CT molecular complexity index is 436. The van der Waals surface area contributed by atoms with Crippen molar-refractivity contribution in [1.29, 1.82) is 0 Å². The second kappa shape index (κ2) is 8.29. The van der Waals surface area contributed by atoms with Crippen LogP contribution in [0.3, 0.4) is 0 Å². The number of ether oxygens (including phenoxy) is 1. The molecule has 2 amide bonds. The van der Waals surface area contributed by atoms with Crippen molar-refractivity contribution in [1.82, 2.24) is 10.6 Å². The van der Waals surface area contributed by atoms with E-state index in [9.17, 15) is 9.59 Å². The summed E-state index contributed by atoms with van der Waals surface area (Å²) < 4.78 is 5.80. The molecular formula is C12H17BrN2O3S. The summed E-state index contributed by atoms with van der Waals surface area (Å²) in [5, 5.41) is 5.25. The smallest absolute Gasteiger partial charge is 0.239 e. The average Bonchev–Trinajstić information content (AvgIpc) is 2.82. The van der Waals surface area contributed by atoms with E-state index in [1.54, 1.807) is 7.11 Å². The van der Waals surface area contributed by atoms with Gasteiger partial charge >= 0.3 is 0 Å². The summed E-state index contributed by atoms with van der Waals surface area (Å²) in [5.41, 5.74) is 0. The van der Waals surface area contributed by atoms with Gasteiger partial charge in [-0.05, 0) is 35.0 Å². The summed E-state index contributed by atoms with van der Waals surface area (Å²) in [6, 6.07) is 3.80. The lowest BCUT2D eigenvalue weighted by Gasteiger charge is -2.10. The average molecular weight is 349 g/mol. The molecule has 0 bridgehead atoms. The van der Waals surface area contributed by atoms with E-state index in [0.29, 0.717) is 13.2 Å². The highest BCUT2D eigenvalue weighted by molar-refractivity contribution is 9.11.